The third kappa shape index (κ3) is 1.89. The average molecular weight is 310 g/mol. The first-order valence-electron chi connectivity index (χ1n) is 9.03. The highest BCUT2D eigenvalue weighted by molar-refractivity contribution is 5.93. The Balaban J connectivity index is 1.73. The Morgan fingerprint density at radius 3 is 2.87 bits per heavy atom. The maximum atomic E-state index is 11.8. The Labute approximate surface area is 139 Å². The number of carbonyl (C=O) groups excluding carboxylic acids is 1. The second-order valence-corrected chi connectivity index (χ2v) is 8.47. The number of terminal acetylenes is 1. The smallest absolute Gasteiger partial charge is 0.159 e. The number of carbonyl (C=O) groups is 1. The highest BCUT2D eigenvalue weighted by Crippen LogP contribution is 2.65. The molecule has 0 amide bonds. The molecule has 6 atom stereocenters. The lowest BCUT2D eigenvalue weighted by molar-refractivity contribution is -0.114. The molecular formula is C21H26O2. The van der Waals surface area contributed by atoms with Crippen molar-refractivity contribution in [1.82, 2.24) is 0 Å². The van der Waals surface area contributed by atoms with Gasteiger partial charge in [-0.3, -0.25) is 4.79 Å². The maximum absolute atomic E-state index is 11.8. The van der Waals surface area contributed by atoms with Gasteiger partial charge in [0.15, 0.2) is 5.78 Å². The summed E-state index contributed by atoms with van der Waals surface area (Å²) in [6.45, 7) is 4.55. The molecule has 3 fully saturated rings. The molecule has 0 heterocycles. The van der Waals surface area contributed by atoms with Crippen LogP contribution in [-0.4, -0.2) is 16.5 Å². The van der Waals surface area contributed by atoms with Gasteiger partial charge in [-0.1, -0.05) is 25.8 Å². The lowest BCUT2D eigenvalue weighted by Gasteiger charge is -2.55. The standard InChI is InChI=1S/C21H26O2/c1-4-21(23)10-8-18-19-13(2)11-14-12-15(22)5-6-16(14)17(19)7-9-20(18,21)3/h1,6,12-13,17-19,23H,5,7-11H2,2-3H3/t13-,17?,18?,19?,20+,21+/m1/s1. The van der Waals surface area contributed by atoms with Crippen LogP contribution in [0.2, 0.25) is 0 Å². The minimum Gasteiger partial charge on any atom is -0.377 e. The minimum atomic E-state index is -0.935. The molecule has 0 bridgehead atoms. The van der Waals surface area contributed by atoms with E-state index in [0.29, 0.717) is 30.1 Å². The van der Waals surface area contributed by atoms with E-state index in [-0.39, 0.29) is 11.2 Å². The summed E-state index contributed by atoms with van der Waals surface area (Å²) in [7, 11) is 0. The predicted octanol–water partition coefficient (Wildman–Crippen LogP) is 3.66. The van der Waals surface area contributed by atoms with E-state index in [1.54, 1.807) is 0 Å². The van der Waals surface area contributed by atoms with E-state index in [1.807, 2.05) is 6.08 Å². The number of aliphatic hydroxyl groups is 1. The van der Waals surface area contributed by atoms with Gasteiger partial charge in [0, 0.05) is 11.8 Å². The van der Waals surface area contributed by atoms with Gasteiger partial charge < -0.3 is 5.11 Å². The molecule has 2 heteroatoms. The van der Waals surface area contributed by atoms with E-state index >= 15 is 0 Å². The Morgan fingerprint density at radius 2 is 2.13 bits per heavy atom. The van der Waals surface area contributed by atoms with E-state index in [1.165, 1.54) is 11.1 Å². The van der Waals surface area contributed by atoms with Crippen molar-refractivity contribution in [2.75, 3.05) is 0 Å². The number of fused-ring (bicyclic) bond motifs is 5. The molecule has 0 radical (unpaired) electrons. The number of rotatable bonds is 0. The van der Waals surface area contributed by atoms with Gasteiger partial charge in [-0.15, -0.1) is 6.42 Å². The zero-order valence-corrected chi connectivity index (χ0v) is 14.1. The first-order chi connectivity index (χ1) is 10.9. The van der Waals surface area contributed by atoms with E-state index in [0.717, 1.165) is 32.1 Å². The summed E-state index contributed by atoms with van der Waals surface area (Å²) in [6, 6.07) is 0. The molecule has 0 spiro atoms. The third-order valence-electron chi connectivity index (χ3n) is 7.55. The zero-order chi connectivity index (χ0) is 16.4. The van der Waals surface area contributed by atoms with Crippen molar-refractivity contribution in [3.05, 3.63) is 23.3 Å². The molecule has 0 aromatic carbocycles. The zero-order valence-electron chi connectivity index (χ0n) is 14.1. The van der Waals surface area contributed by atoms with Crippen LogP contribution in [0.15, 0.2) is 23.3 Å². The van der Waals surface area contributed by atoms with Gasteiger partial charge in [0.05, 0.1) is 0 Å². The van der Waals surface area contributed by atoms with E-state index < -0.39 is 5.60 Å². The summed E-state index contributed by atoms with van der Waals surface area (Å²) in [4.78, 5) is 11.8. The van der Waals surface area contributed by atoms with Crippen molar-refractivity contribution in [3.8, 4) is 12.3 Å². The number of allylic oxidation sites excluding steroid dienone is 4. The molecule has 0 saturated heterocycles. The summed E-state index contributed by atoms with van der Waals surface area (Å²) in [6.07, 6.45) is 15.2. The number of hydrogen-bond acceptors (Lipinski definition) is 2. The molecule has 2 nitrogen and oxygen atoms in total. The molecule has 1 N–H and O–H groups in total. The summed E-state index contributed by atoms with van der Waals surface area (Å²) in [5.41, 5.74) is 1.63. The number of hydrogen-bond donors (Lipinski definition) is 1. The summed E-state index contributed by atoms with van der Waals surface area (Å²) in [5.74, 6) is 5.18. The van der Waals surface area contributed by atoms with E-state index in [9.17, 15) is 9.90 Å². The Kier molecular flexibility index (Phi) is 3.20. The van der Waals surface area contributed by atoms with Gasteiger partial charge in [0.25, 0.3) is 0 Å². The highest BCUT2D eigenvalue weighted by atomic mass is 16.3. The third-order valence-corrected chi connectivity index (χ3v) is 7.55. The van der Waals surface area contributed by atoms with Crippen LogP contribution in [0.3, 0.4) is 0 Å². The quantitative estimate of drug-likeness (QED) is 0.693. The molecule has 4 aliphatic rings. The summed E-state index contributed by atoms with van der Waals surface area (Å²) >= 11 is 0. The normalized spacial score (nSPS) is 48.5. The summed E-state index contributed by atoms with van der Waals surface area (Å²) in [5, 5.41) is 11.0. The number of ketones is 1. The van der Waals surface area contributed by atoms with Crippen LogP contribution >= 0.6 is 0 Å². The molecular weight excluding hydrogens is 284 g/mol. The van der Waals surface area contributed by atoms with Gasteiger partial charge in [0.2, 0.25) is 0 Å². The second kappa shape index (κ2) is 4.84. The van der Waals surface area contributed by atoms with Crippen molar-refractivity contribution in [2.45, 2.75) is 58.0 Å². The molecule has 122 valence electrons. The van der Waals surface area contributed by atoms with Crippen molar-refractivity contribution >= 4 is 5.78 Å². The minimum absolute atomic E-state index is 0.149. The fourth-order valence-corrected chi connectivity index (χ4v) is 6.33. The predicted molar refractivity (Wildman–Crippen MR) is 90.4 cm³/mol. The first-order valence-corrected chi connectivity index (χ1v) is 9.03. The Hall–Kier alpha value is -1.33. The largest absolute Gasteiger partial charge is 0.377 e. The SMILES string of the molecule is C#C[C@]1(O)CCC2C3C(CC[C@@]21C)C1=CCC(=O)C=C1C[C@H]3C. The van der Waals surface area contributed by atoms with Crippen molar-refractivity contribution in [1.29, 1.82) is 0 Å². The molecule has 4 rings (SSSR count). The van der Waals surface area contributed by atoms with Crippen LogP contribution in [0.1, 0.15) is 52.4 Å². The van der Waals surface area contributed by atoms with Crippen LogP contribution in [0.4, 0.5) is 0 Å². The highest BCUT2D eigenvalue weighted by Gasteiger charge is 2.62. The van der Waals surface area contributed by atoms with Crippen LogP contribution in [0.5, 0.6) is 0 Å². The van der Waals surface area contributed by atoms with Gasteiger partial charge in [-0.05, 0) is 73.0 Å². The van der Waals surface area contributed by atoms with Crippen LogP contribution in [0.25, 0.3) is 0 Å². The lowest BCUT2D eigenvalue weighted by atomic mass is 9.50. The fourth-order valence-electron chi connectivity index (χ4n) is 6.33. The van der Waals surface area contributed by atoms with E-state index in [4.69, 9.17) is 6.42 Å². The van der Waals surface area contributed by atoms with Crippen LogP contribution in [0, 0.1) is 41.4 Å². The molecule has 0 aromatic heterocycles. The Bertz CT molecular complexity index is 664. The molecule has 4 aliphatic carbocycles. The van der Waals surface area contributed by atoms with E-state index in [2.05, 4.69) is 25.8 Å². The lowest BCUT2D eigenvalue weighted by Crippen LogP contribution is -2.52. The van der Waals surface area contributed by atoms with Gasteiger partial charge >= 0.3 is 0 Å². The van der Waals surface area contributed by atoms with Crippen molar-refractivity contribution in [2.24, 2.45) is 29.1 Å². The molecule has 3 saturated carbocycles. The molecule has 23 heavy (non-hydrogen) atoms. The second-order valence-electron chi connectivity index (χ2n) is 8.47. The summed E-state index contributed by atoms with van der Waals surface area (Å²) < 4.78 is 0. The van der Waals surface area contributed by atoms with Crippen LogP contribution in [-0.2, 0) is 4.79 Å². The van der Waals surface area contributed by atoms with Crippen molar-refractivity contribution < 1.29 is 9.90 Å². The maximum Gasteiger partial charge on any atom is 0.159 e. The monoisotopic (exact) mass is 310 g/mol. The van der Waals surface area contributed by atoms with Crippen LogP contribution < -0.4 is 0 Å². The average Bonchev–Trinajstić information content (AvgIpc) is 2.79. The molecule has 3 unspecified atom stereocenters. The van der Waals surface area contributed by atoms with Crippen molar-refractivity contribution in [3.63, 3.8) is 0 Å². The topological polar surface area (TPSA) is 37.3 Å². The van der Waals surface area contributed by atoms with Gasteiger partial charge in [-0.25, -0.2) is 0 Å². The Morgan fingerprint density at radius 1 is 1.35 bits per heavy atom. The van der Waals surface area contributed by atoms with Gasteiger partial charge in [-0.2, -0.15) is 0 Å². The molecule has 0 aromatic rings. The first kappa shape index (κ1) is 15.2. The van der Waals surface area contributed by atoms with Gasteiger partial charge in [0.1, 0.15) is 5.60 Å². The fraction of sp³-hybridized carbons (Fsp3) is 0.667. The molecule has 0 aliphatic heterocycles.